The lowest BCUT2D eigenvalue weighted by Gasteiger charge is -2.21. The van der Waals surface area contributed by atoms with Gasteiger partial charge in [0.15, 0.2) is 0 Å². The van der Waals surface area contributed by atoms with Crippen LogP contribution in [0, 0.1) is 0 Å². The van der Waals surface area contributed by atoms with E-state index < -0.39 is 7.82 Å². The van der Waals surface area contributed by atoms with Crippen LogP contribution in [-0.2, 0) is 18.4 Å². The molecule has 0 aliphatic carbocycles. The first-order valence-corrected chi connectivity index (χ1v) is 6.03. The van der Waals surface area contributed by atoms with Crippen LogP contribution in [0.2, 0.25) is 10.0 Å². The number of hydrazine groups is 1. The van der Waals surface area contributed by atoms with Gasteiger partial charge < -0.3 is 0 Å². The maximum absolute atomic E-state index is 11.2. The van der Waals surface area contributed by atoms with Crippen LogP contribution in [0.1, 0.15) is 0 Å². The Morgan fingerprint density at radius 2 is 1.93 bits per heavy atom. The third kappa shape index (κ3) is 1.46. The van der Waals surface area contributed by atoms with Crippen LogP contribution in [0.4, 0.5) is 5.69 Å². The molecule has 15 heavy (non-hydrogen) atoms. The van der Waals surface area contributed by atoms with Crippen LogP contribution in [0.5, 0.6) is 0 Å². The van der Waals surface area contributed by atoms with Crippen molar-refractivity contribution in [2.24, 2.45) is 0 Å². The number of anilines is 1. The highest BCUT2D eigenvalue weighted by Crippen LogP contribution is 2.67. The summed E-state index contributed by atoms with van der Waals surface area (Å²) in [6.45, 7) is 0. The molecular formula is C6H3Cl2N2O4P. The molecule has 9 heteroatoms. The van der Waals surface area contributed by atoms with Gasteiger partial charge in [-0.2, -0.15) is 0 Å². The summed E-state index contributed by atoms with van der Waals surface area (Å²) in [5.41, 5.74) is 0.427. The highest BCUT2D eigenvalue weighted by molar-refractivity contribution is 7.49. The van der Waals surface area contributed by atoms with Gasteiger partial charge in [-0.25, -0.2) is 4.57 Å². The first-order chi connectivity index (χ1) is 7.07. The molecule has 0 N–H and O–H groups in total. The summed E-state index contributed by atoms with van der Waals surface area (Å²) in [4.78, 5) is 0. The number of hydrogen-bond acceptors (Lipinski definition) is 6. The molecule has 1 aromatic rings. The summed E-state index contributed by atoms with van der Waals surface area (Å²) < 4.78 is 25.4. The summed E-state index contributed by atoms with van der Waals surface area (Å²) in [6.07, 6.45) is 0. The maximum Gasteiger partial charge on any atom is 0.538 e. The molecule has 80 valence electrons. The zero-order valence-electron chi connectivity index (χ0n) is 6.96. The molecule has 6 nitrogen and oxygen atoms in total. The van der Waals surface area contributed by atoms with Crippen molar-refractivity contribution < 1.29 is 18.4 Å². The zero-order chi connectivity index (χ0) is 10.6. The minimum Gasteiger partial charge on any atom is -0.222 e. The summed E-state index contributed by atoms with van der Waals surface area (Å²) in [6, 6.07) is 4.72. The predicted octanol–water partition coefficient (Wildman–Crippen LogP) is 2.95. The third-order valence-electron chi connectivity index (χ3n) is 1.78. The topological polar surface area (TPSA) is 51.2 Å². The van der Waals surface area contributed by atoms with Gasteiger partial charge >= 0.3 is 7.82 Å². The molecule has 0 aromatic heterocycles. The van der Waals surface area contributed by atoms with E-state index in [4.69, 9.17) is 27.8 Å². The van der Waals surface area contributed by atoms with Crippen molar-refractivity contribution in [1.29, 1.82) is 0 Å². The van der Waals surface area contributed by atoms with E-state index in [1.54, 1.807) is 12.1 Å². The van der Waals surface area contributed by atoms with Crippen LogP contribution in [-0.4, -0.2) is 5.34 Å². The van der Waals surface area contributed by atoms with Gasteiger partial charge in [-0.1, -0.05) is 23.2 Å². The fraction of sp³-hybridized carbons (Fsp3) is 0. The minimum atomic E-state index is -3.39. The Morgan fingerprint density at radius 1 is 1.20 bits per heavy atom. The zero-order valence-corrected chi connectivity index (χ0v) is 9.37. The van der Waals surface area contributed by atoms with Crippen molar-refractivity contribution in [1.82, 2.24) is 5.34 Å². The van der Waals surface area contributed by atoms with Crippen molar-refractivity contribution in [3.8, 4) is 0 Å². The Bertz CT molecular complexity index is 474. The highest BCUT2D eigenvalue weighted by Gasteiger charge is 2.60. The van der Waals surface area contributed by atoms with E-state index in [0.717, 1.165) is 10.5 Å². The molecule has 3 saturated heterocycles. The van der Waals surface area contributed by atoms with E-state index in [0.29, 0.717) is 15.7 Å². The van der Waals surface area contributed by atoms with E-state index in [1.807, 2.05) is 0 Å². The molecular weight excluding hydrogens is 266 g/mol. The van der Waals surface area contributed by atoms with Crippen molar-refractivity contribution >= 4 is 36.7 Å². The van der Waals surface area contributed by atoms with E-state index in [2.05, 4.69) is 9.25 Å². The molecule has 0 atom stereocenters. The molecule has 0 spiro atoms. The van der Waals surface area contributed by atoms with Gasteiger partial charge in [0, 0.05) is 5.02 Å². The normalized spacial score (nSPS) is 32.9. The minimum absolute atomic E-state index is 0.329. The summed E-state index contributed by atoms with van der Waals surface area (Å²) in [7, 11) is -3.39. The first kappa shape index (κ1) is 9.86. The van der Waals surface area contributed by atoms with E-state index in [-0.39, 0.29) is 0 Å². The Hall–Kier alpha value is -0.330. The lowest BCUT2D eigenvalue weighted by Crippen LogP contribution is -2.34. The van der Waals surface area contributed by atoms with Gasteiger partial charge in [0.25, 0.3) is 0 Å². The quantitative estimate of drug-likeness (QED) is 0.730. The summed E-state index contributed by atoms with van der Waals surface area (Å²) >= 11 is 11.6. The predicted molar refractivity (Wildman–Crippen MR) is 51.6 cm³/mol. The van der Waals surface area contributed by atoms with E-state index in [1.165, 1.54) is 6.07 Å². The fourth-order valence-electron chi connectivity index (χ4n) is 1.17. The molecule has 4 rings (SSSR count). The van der Waals surface area contributed by atoms with Crippen molar-refractivity contribution in [2.75, 3.05) is 5.17 Å². The average Bonchev–Trinajstić information content (AvgIpc) is 2.57. The molecule has 0 radical (unpaired) electrons. The lowest BCUT2D eigenvalue weighted by atomic mass is 10.3. The Kier molecular flexibility index (Phi) is 2.03. The second-order valence-electron chi connectivity index (χ2n) is 2.80. The summed E-state index contributed by atoms with van der Waals surface area (Å²) in [5, 5.41) is 2.71. The van der Waals surface area contributed by atoms with Crippen LogP contribution < -0.4 is 5.17 Å². The van der Waals surface area contributed by atoms with Gasteiger partial charge in [-0.3, -0.25) is 0 Å². The molecule has 2 bridgehead atoms. The van der Waals surface area contributed by atoms with Gasteiger partial charge in [0.2, 0.25) is 0 Å². The number of phosphoric acid groups is 1. The molecule has 1 aromatic carbocycles. The van der Waals surface area contributed by atoms with Crippen LogP contribution in [0.25, 0.3) is 0 Å². The SMILES string of the molecule is O=P12ON(O1)N(c1ccc(Cl)cc1Cl)O2. The van der Waals surface area contributed by atoms with Crippen LogP contribution in [0.15, 0.2) is 18.2 Å². The molecule has 0 unspecified atom stereocenters. The molecule has 0 amide bonds. The Morgan fingerprint density at radius 3 is 2.47 bits per heavy atom. The number of benzene rings is 1. The maximum atomic E-state index is 11.2. The van der Waals surface area contributed by atoms with Gasteiger partial charge in [-0.15, -0.1) is 19.0 Å². The Balaban J connectivity index is 1.98. The van der Waals surface area contributed by atoms with Gasteiger partial charge in [0.1, 0.15) is 5.69 Å². The summed E-state index contributed by atoms with van der Waals surface area (Å²) in [5.74, 6) is 0. The largest absolute Gasteiger partial charge is 0.538 e. The van der Waals surface area contributed by atoms with Gasteiger partial charge in [0.05, 0.1) is 10.4 Å². The standard InChI is InChI=1S/C6H3Cl2N2O4P/c7-4-1-2-6(5(8)3-4)9-10-13-15(11,12-9)14-10/h1-3H. The number of fused-ring (bicyclic) bond motifs is 1. The average molecular weight is 269 g/mol. The smallest absolute Gasteiger partial charge is 0.222 e. The molecule has 3 heterocycles. The Labute approximate surface area is 94.3 Å². The molecule has 0 saturated carbocycles. The lowest BCUT2D eigenvalue weighted by molar-refractivity contribution is -0.318. The highest BCUT2D eigenvalue weighted by atomic mass is 35.5. The molecule has 3 fully saturated rings. The van der Waals surface area contributed by atoms with Gasteiger partial charge in [-0.05, 0) is 18.2 Å². The fourth-order valence-corrected chi connectivity index (χ4v) is 2.53. The van der Waals surface area contributed by atoms with Crippen LogP contribution in [0.3, 0.4) is 0 Å². The van der Waals surface area contributed by atoms with E-state index >= 15 is 0 Å². The van der Waals surface area contributed by atoms with Crippen LogP contribution >= 0.6 is 31.0 Å². The van der Waals surface area contributed by atoms with Crippen molar-refractivity contribution in [3.05, 3.63) is 28.2 Å². The van der Waals surface area contributed by atoms with Crippen molar-refractivity contribution in [2.45, 2.75) is 0 Å². The second-order valence-corrected chi connectivity index (χ2v) is 5.03. The number of rotatable bonds is 1. The monoisotopic (exact) mass is 268 g/mol. The number of halogens is 2. The van der Waals surface area contributed by atoms with Crippen molar-refractivity contribution in [3.63, 3.8) is 0 Å². The van der Waals surface area contributed by atoms with E-state index in [9.17, 15) is 4.57 Å². The molecule has 3 aliphatic heterocycles. The number of hydrogen-bond donors (Lipinski definition) is 0. The first-order valence-electron chi connectivity index (χ1n) is 3.82. The second kappa shape index (κ2) is 3.09. The molecule has 3 aliphatic rings. The number of nitrogens with zero attached hydrogens (tertiary/aromatic N) is 2. The third-order valence-corrected chi connectivity index (χ3v) is 3.35.